The minimum absolute atomic E-state index is 0.261. The number of nitrogens with one attached hydrogen (secondary N) is 2. The Bertz CT molecular complexity index is 1890. The van der Waals surface area contributed by atoms with Gasteiger partial charge in [-0.05, 0) is 89.7 Å². The number of urea groups is 1. The van der Waals surface area contributed by atoms with Crippen LogP contribution in [-0.2, 0) is 19.3 Å². The summed E-state index contributed by atoms with van der Waals surface area (Å²) in [5, 5.41) is 17.0. The van der Waals surface area contributed by atoms with E-state index in [1.54, 1.807) is 19.5 Å². The van der Waals surface area contributed by atoms with Crippen LogP contribution in [0, 0.1) is 0 Å². The molecule has 0 saturated heterocycles. The van der Waals surface area contributed by atoms with E-state index < -0.39 is 0 Å². The van der Waals surface area contributed by atoms with Gasteiger partial charge in [0.2, 0.25) is 0 Å². The van der Waals surface area contributed by atoms with Crippen LogP contribution in [0.15, 0.2) is 122 Å². The molecule has 7 heteroatoms. The lowest BCUT2D eigenvalue weighted by molar-refractivity contribution is 0.262. The predicted octanol–water partition coefficient (Wildman–Crippen LogP) is 8.48. The number of benzene rings is 4. The Balaban J connectivity index is 1.18. The molecule has 0 spiro atoms. The number of pyridine rings is 1. The monoisotopic (exact) mass is 593 g/mol. The number of aromatic nitrogens is 3. The summed E-state index contributed by atoms with van der Waals surface area (Å²) in [6.45, 7) is 2.19. The SMILES string of the molecule is COc1ccc(C(C)Cc2ccccc2)cc1NC(=O)Nc1ccc(-c2ccc(CCc3ccncc3)nn2)c2ccccc12. The first-order valence-corrected chi connectivity index (χ1v) is 15.1. The van der Waals surface area contributed by atoms with E-state index in [0.29, 0.717) is 17.1 Å². The number of amides is 2. The third-order valence-electron chi connectivity index (χ3n) is 8.01. The normalized spacial score (nSPS) is 11.6. The zero-order chi connectivity index (χ0) is 31.0. The predicted molar refractivity (Wildman–Crippen MR) is 181 cm³/mol. The van der Waals surface area contributed by atoms with Gasteiger partial charge in [-0.15, -0.1) is 0 Å². The molecule has 0 aliphatic carbocycles. The van der Waals surface area contributed by atoms with E-state index in [1.165, 1.54) is 11.1 Å². The number of methoxy groups -OCH3 is 1. The molecular weight excluding hydrogens is 558 g/mol. The number of ether oxygens (including phenoxy) is 1. The fraction of sp³-hybridized carbons (Fsp3) is 0.158. The van der Waals surface area contributed by atoms with Crippen LogP contribution in [0.1, 0.15) is 35.2 Å². The molecular formula is C38H35N5O2. The number of hydrogen-bond donors (Lipinski definition) is 2. The Morgan fingerprint density at radius 1 is 0.733 bits per heavy atom. The minimum Gasteiger partial charge on any atom is -0.495 e. The van der Waals surface area contributed by atoms with Gasteiger partial charge in [0.05, 0.1) is 29.9 Å². The molecule has 224 valence electrons. The van der Waals surface area contributed by atoms with Crippen LogP contribution in [0.4, 0.5) is 16.2 Å². The second-order valence-electron chi connectivity index (χ2n) is 11.1. The summed E-state index contributed by atoms with van der Waals surface area (Å²) in [6.07, 6.45) is 6.19. The maximum absolute atomic E-state index is 13.3. The van der Waals surface area contributed by atoms with Gasteiger partial charge in [-0.2, -0.15) is 10.2 Å². The average Bonchev–Trinajstić information content (AvgIpc) is 3.08. The summed E-state index contributed by atoms with van der Waals surface area (Å²) in [5.74, 6) is 0.862. The maximum atomic E-state index is 13.3. The van der Waals surface area contributed by atoms with Crippen molar-refractivity contribution in [1.82, 2.24) is 15.2 Å². The molecule has 0 fully saturated rings. The molecule has 0 saturated carbocycles. The molecule has 0 radical (unpaired) electrons. The second kappa shape index (κ2) is 13.8. The van der Waals surface area contributed by atoms with Crippen molar-refractivity contribution in [3.05, 3.63) is 144 Å². The lowest BCUT2D eigenvalue weighted by Crippen LogP contribution is -2.20. The standard InChI is InChI=1S/C38H35N5O2/c1-26(24-28-8-4-3-5-9-28)29-13-19-37(45-2)36(25-29)41-38(44)40-34-18-16-33(31-10-6-7-11-32(31)34)35-17-15-30(42-43-35)14-12-27-20-22-39-23-21-27/h3-11,13,15-23,25-26H,12,14,24H2,1-2H3,(H2,40,41,44). The summed E-state index contributed by atoms with van der Waals surface area (Å²) < 4.78 is 5.57. The number of hydrogen-bond acceptors (Lipinski definition) is 5. The lowest BCUT2D eigenvalue weighted by Gasteiger charge is -2.17. The van der Waals surface area contributed by atoms with Gasteiger partial charge in [-0.25, -0.2) is 4.79 Å². The Hall–Kier alpha value is -5.56. The van der Waals surface area contributed by atoms with Gasteiger partial charge in [-0.1, -0.05) is 73.7 Å². The summed E-state index contributed by atoms with van der Waals surface area (Å²) in [5.41, 5.74) is 7.59. The summed E-state index contributed by atoms with van der Waals surface area (Å²) in [4.78, 5) is 17.4. The van der Waals surface area contributed by atoms with Crippen molar-refractivity contribution < 1.29 is 9.53 Å². The van der Waals surface area contributed by atoms with Crippen LogP contribution in [0.25, 0.3) is 22.0 Å². The van der Waals surface area contributed by atoms with E-state index >= 15 is 0 Å². The smallest absolute Gasteiger partial charge is 0.323 e. The molecule has 2 amide bonds. The van der Waals surface area contributed by atoms with Crippen LogP contribution in [0.5, 0.6) is 5.75 Å². The zero-order valence-electron chi connectivity index (χ0n) is 25.4. The third kappa shape index (κ3) is 7.16. The molecule has 4 aromatic carbocycles. The van der Waals surface area contributed by atoms with Crippen molar-refractivity contribution in [3.63, 3.8) is 0 Å². The van der Waals surface area contributed by atoms with Gasteiger partial charge in [0.1, 0.15) is 5.75 Å². The summed E-state index contributed by atoms with van der Waals surface area (Å²) >= 11 is 0. The highest BCUT2D eigenvalue weighted by Crippen LogP contribution is 2.34. The van der Waals surface area contributed by atoms with Crippen molar-refractivity contribution in [2.45, 2.75) is 32.1 Å². The van der Waals surface area contributed by atoms with Gasteiger partial charge >= 0.3 is 6.03 Å². The van der Waals surface area contributed by atoms with Crippen molar-refractivity contribution in [1.29, 1.82) is 0 Å². The Labute approximate surface area is 263 Å². The molecule has 1 atom stereocenters. The first-order valence-electron chi connectivity index (χ1n) is 15.1. The number of aryl methyl sites for hydroxylation is 2. The van der Waals surface area contributed by atoms with E-state index in [-0.39, 0.29) is 11.9 Å². The van der Waals surface area contributed by atoms with Crippen LogP contribution in [0.3, 0.4) is 0 Å². The Morgan fingerprint density at radius 2 is 1.49 bits per heavy atom. The van der Waals surface area contributed by atoms with Gasteiger partial charge < -0.3 is 15.4 Å². The topological polar surface area (TPSA) is 89.0 Å². The fourth-order valence-corrected chi connectivity index (χ4v) is 5.58. The fourth-order valence-electron chi connectivity index (χ4n) is 5.58. The molecule has 6 aromatic rings. The summed E-state index contributed by atoms with van der Waals surface area (Å²) in [7, 11) is 1.61. The molecule has 45 heavy (non-hydrogen) atoms. The van der Waals surface area contributed by atoms with E-state index in [2.05, 4.69) is 63.1 Å². The van der Waals surface area contributed by atoms with E-state index in [0.717, 1.165) is 52.5 Å². The number of fused-ring (bicyclic) bond motifs is 1. The number of carbonyl (C=O) groups excluding carboxylic acids is 1. The molecule has 1 unspecified atom stereocenters. The van der Waals surface area contributed by atoms with E-state index in [1.807, 2.05) is 78.9 Å². The maximum Gasteiger partial charge on any atom is 0.323 e. The first-order chi connectivity index (χ1) is 22.1. The molecule has 0 aliphatic rings. The van der Waals surface area contributed by atoms with Crippen molar-refractivity contribution in [3.8, 4) is 17.0 Å². The minimum atomic E-state index is -0.350. The highest BCUT2D eigenvalue weighted by Gasteiger charge is 2.15. The molecule has 6 rings (SSSR count). The largest absolute Gasteiger partial charge is 0.495 e. The van der Waals surface area contributed by atoms with Crippen LogP contribution >= 0.6 is 0 Å². The van der Waals surface area contributed by atoms with Crippen molar-refractivity contribution in [2.24, 2.45) is 0 Å². The Morgan fingerprint density at radius 3 is 2.24 bits per heavy atom. The van der Waals surface area contributed by atoms with Crippen LogP contribution < -0.4 is 15.4 Å². The van der Waals surface area contributed by atoms with E-state index in [9.17, 15) is 4.79 Å². The number of carbonyl (C=O) groups is 1. The van der Waals surface area contributed by atoms with Crippen molar-refractivity contribution >= 4 is 28.2 Å². The molecule has 2 aromatic heterocycles. The number of nitrogens with zero attached hydrogens (tertiary/aromatic N) is 3. The quantitative estimate of drug-likeness (QED) is 0.166. The molecule has 0 bridgehead atoms. The van der Waals surface area contributed by atoms with Gasteiger partial charge in [0.15, 0.2) is 0 Å². The third-order valence-corrected chi connectivity index (χ3v) is 8.01. The second-order valence-corrected chi connectivity index (χ2v) is 11.1. The lowest BCUT2D eigenvalue weighted by atomic mass is 9.93. The highest BCUT2D eigenvalue weighted by molar-refractivity contribution is 6.09. The van der Waals surface area contributed by atoms with Gasteiger partial charge in [0.25, 0.3) is 0 Å². The van der Waals surface area contributed by atoms with Gasteiger partial charge in [-0.3, -0.25) is 4.98 Å². The number of rotatable bonds is 10. The first kappa shape index (κ1) is 29.5. The van der Waals surface area contributed by atoms with Crippen LogP contribution in [-0.4, -0.2) is 28.3 Å². The molecule has 2 N–H and O–H groups in total. The van der Waals surface area contributed by atoms with Gasteiger partial charge in [0, 0.05) is 23.3 Å². The summed E-state index contributed by atoms with van der Waals surface area (Å²) in [6, 6.07) is 35.9. The highest BCUT2D eigenvalue weighted by atomic mass is 16.5. The molecule has 0 aliphatic heterocycles. The Kier molecular flexibility index (Phi) is 9.06. The van der Waals surface area contributed by atoms with Crippen LogP contribution in [0.2, 0.25) is 0 Å². The van der Waals surface area contributed by atoms with E-state index in [4.69, 9.17) is 4.74 Å². The zero-order valence-corrected chi connectivity index (χ0v) is 25.4. The average molecular weight is 594 g/mol. The molecule has 2 heterocycles. The molecule has 7 nitrogen and oxygen atoms in total. The van der Waals surface area contributed by atoms with Crippen molar-refractivity contribution in [2.75, 3.05) is 17.7 Å². The number of anilines is 2.